The largest absolute Gasteiger partial charge is 0.619 e. The van der Waals surface area contributed by atoms with Crippen LogP contribution < -0.4 is 20.7 Å². The summed E-state index contributed by atoms with van der Waals surface area (Å²) in [4.78, 5) is 19.5. The molecule has 1 fully saturated rings. The van der Waals surface area contributed by atoms with Crippen molar-refractivity contribution >= 4 is 23.3 Å². The van der Waals surface area contributed by atoms with Crippen LogP contribution in [0.4, 0.5) is 11.6 Å². The van der Waals surface area contributed by atoms with E-state index in [0.29, 0.717) is 13.2 Å². The summed E-state index contributed by atoms with van der Waals surface area (Å²) in [5.41, 5.74) is 8.70. The molecule has 0 aliphatic carbocycles. The molecule has 3 aromatic rings. The van der Waals surface area contributed by atoms with Crippen molar-refractivity contribution in [3.8, 4) is 0 Å². The van der Waals surface area contributed by atoms with Gasteiger partial charge in [-0.3, -0.25) is 4.79 Å². The molecule has 3 N–H and O–H groups in total. The van der Waals surface area contributed by atoms with E-state index in [1.165, 1.54) is 6.20 Å². The van der Waals surface area contributed by atoms with Crippen LogP contribution in [0.15, 0.2) is 36.8 Å². The molecule has 0 saturated carbocycles. The zero-order valence-electron chi connectivity index (χ0n) is 21.4. The number of carbonyl (C=O) groups is 1. The van der Waals surface area contributed by atoms with Gasteiger partial charge >= 0.3 is 5.97 Å². The Morgan fingerprint density at radius 1 is 1.39 bits per heavy atom. The monoisotopic (exact) mass is 495 g/mol. The summed E-state index contributed by atoms with van der Waals surface area (Å²) < 4.78 is 8.12. The van der Waals surface area contributed by atoms with Gasteiger partial charge in [0.1, 0.15) is 17.7 Å². The highest BCUT2D eigenvalue weighted by Gasteiger charge is 2.26. The molecule has 194 valence electrons. The number of hydrogen-bond donors (Lipinski definition) is 2. The van der Waals surface area contributed by atoms with Crippen molar-refractivity contribution in [1.82, 2.24) is 14.6 Å². The van der Waals surface area contributed by atoms with Gasteiger partial charge in [-0.05, 0) is 37.7 Å². The quantitative estimate of drug-likeness (QED) is 0.250. The topological polar surface area (TPSA) is 125 Å². The summed E-state index contributed by atoms with van der Waals surface area (Å²) in [5.74, 6) is 1.39. The molecule has 4 rings (SSSR count). The molecule has 0 amide bonds. The number of rotatable bonds is 10. The van der Waals surface area contributed by atoms with Gasteiger partial charge < -0.3 is 25.9 Å². The van der Waals surface area contributed by atoms with E-state index in [4.69, 9.17) is 15.5 Å². The molecule has 1 saturated heterocycles. The third kappa shape index (κ3) is 5.87. The predicted molar refractivity (Wildman–Crippen MR) is 138 cm³/mol. The van der Waals surface area contributed by atoms with Crippen molar-refractivity contribution in [2.45, 2.75) is 71.5 Å². The molecule has 36 heavy (non-hydrogen) atoms. The summed E-state index contributed by atoms with van der Waals surface area (Å²) in [6, 6.07) is 5.28. The Morgan fingerprint density at radius 2 is 2.22 bits per heavy atom. The molecule has 0 aromatic carbocycles. The van der Waals surface area contributed by atoms with Gasteiger partial charge in [0.15, 0.2) is 18.0 Å². The summed E-state index contributed by atoms with van der Waals surface area (Å²) >= 11 is 0. The van der Waals surface area contributed by atoms with E-state index in [1.807, 2.05) is 36.7 Å². The SMILES string of the molecule is CCc1cnn2c(NCc3ccc[n+]([O-])c3)cc(N3CCCC[C@H]3CCOC(=O)[C@H](N)C(C)C)nc12. The molecule has 1 aliphatic heterocycles. The molecule has 0 radical (unpaired) electrons. The molecule has 1 aliphatic rings. The minimum absolute atomic E-state index is 0.0450. The van der Waals surface area contributed by atoms with Gasteiger partial charge in [-0.1, -0.05) is 20.8 Å². The third-order valence-electron chi connectivity index (χ3n) is 6.83. The average molecular weight is 496 g/mol. The van der Waals surface area contributed by atoms with E-state index in [2.05, 4.69) is 22.2 Å². The smallest absolute Gasteiger partial charge is 0.323 e. The standard InChI is InChI=1S/C26H37N7O3/c1-4-20-16-29-33-22(28-15-19-8-7-11-31(35)17-19)14-23(30-25(20)33)32-12-6-5-9-21(32)10-13-36-26(34)24(27)18(2)3/h7-8,11,14,16-18,21,24,28H,4-6,9-10,12-13,15,27H2,1-3H3/t21-,24+/m0/s1. The second-order valence-electron chi connectivity index (χ2n) is 9.75. The summed E-state index contributed by atoms with van der Waals surface area (Å²) in [6.45, 7) is 7.63. The Hall–Kier alpha value is -3.40. The molecular weight excluding hydrogens is 458 g/mol. The van der Waals surface area contributed by atoms with Crippen molar-refractivity contribution in [3.05, 3.63) is 53.1 Å². The zero-order chi connectivity index (χ0) is 25.7. The lowest BCUT2D eigenvalue weighted by atomic mass is 9.99. The Labute approximate surface area is 212 Å². The average Bonchev–Trinajstić information content (AvgIpc) is 3.30. The van der Waals surface area contributed by atoms with E-state index in [9.17, 15) is 10.0 Å². The lowest BCUT2D eigenvalue weighted by molar-refractivity contribution is -0.605. The molecule has 0 bridgehead atoms. The maximum atomic E-state index is 12.2. The van der Waals surface area contributed by atoms with Gasteiger partial charge in [0.05, 0.1) is 12.8 Å². The van der Waals surface area contributed by atoms with Crippen molar-refractivity contribution in [1.29, 1.82) is 0 Å². The number of aryl methyl sites for hydroxylation is 1. The van der Waals surface area contributed by atoms with Crippen molar-refractivity contribution < 1.29 is 14.3 Å². The first-order valence-electron chi connectivity index (χ1n) is 12.9. The van der Waals surface area contributed by atoms with Gasteiger partial charge in [0.2, 0.25) is 0 Å². The molecular formula is C26H37N7O3. The second-order valence-corrected chi connectivity index (χ2v) is 9.75. The fraction of sp³-hybridized carbons (Fsp3) is 0.538. The lowest BCUT2D eigenvalue weighted by Crippen LogP contribution is -2.42. The predicted octanol–water partition coefficient (Wildman–Crippen LogP) is 2.81. The molecule has 3 aromatic heterocycles. The summed E-state index contributed by atoms with van der Waals surface area (Å²) in [5, 5.41) is 19.7. The van der Waals surface area contributed by atoms with Gasteiger partial charge in [-0.15, -0.1) is 0 Å². The number of pyridine rings is 1. The van der Waals surface area contributed by atoms with Crippen LogP contribution in [0.1, 0.15) is 57.6 Å². The number of aromatic nitrogens is 4. The number of carbonyl (C=O) groups excluding carboxylic acids is 1. The van der Waals surface area contributed by atoms with Gasteiger partial charge in [0, 0.05) is 48.8 Å². The van der Waals surface area contributed by atoms with E-state index >= 15 is 0 Å². The second kappa shape index (κ2) is 11.6. The number of fused-ring (bicyclic) bond motifs is 1. The van der Waals surface area contributed by atoms with Gasteiger partial charge in [-0.2, -0.15) is 14.3 Å². The fourth-order valence-corrected chi connectivity index (χ4v) is 4.58. The van der Waals surface area contributed by atoms with Crippen LogP contribution in [0.25, 0.3) is 5.65 Å². The highest BCUT2D eigenvalue weighted by molar-refractivity contribution is 5.75. The molecule has 10 nitrogen and oxygen atoms in total. The molecule has 2 atom stereocenters. The van der Waals surface area contributed by atoms with Crippen molar-refractivity contribution in [2.24, 2.45) is 11.7 Å². The number of nitrogens with two attached hydrogens (primary N) is 1. The molecule has 0 unspecified atom stereocenters. The lowest BCUT2D eigenvalue weighted by Gasteiger charge is -2.37. The molecule has 10 heteroatoms. The number of piperidine rings is 1. The number of nitrogens with zero attached hydrogens (tertiary/aromatic N) is 5. The molecule has 0 spiro atoms. The highest BCUT2D eigenvalue weighted by atomic mass is 16.5. The van der Waals surface area contributed by atoms with Crippen LogP contribution in [-0.2, 0) is 22.5 Å². The Morgan fingerprint density at radius 3 is 2.97 bits per heavy atom. The maximum Gasteiger partial charge on any atom is 0.323 e. The number of nitrogens with one attached hydrogen (secondary N) is 1. The number of esters is 1. The minimum Gasteiger partial charge on any atom is -0.619 e. The van der Waals surface area contributed by atoms with Gasteiger partial charge in [0.25, 0.3) is 0 Å². The Kier molecular flexibility index (Phi) is 8.25. The van der Waals surface area contributed by atoms with Crippen LogP contribution >= 0.6 is 0 Å². The normalized spacial score (nSPS) is 16.9. The first-order chi connectivity index (χ1) is 17.4. The Bertz CT molecular complexity index is 1180. The Balaban J connectivity index is 1.55. The van der Waals surface area contributed by atoms with Crippen LogP contribution in [0.2, 0.25) is 0 Å². The molecule has 4 heterocycles. The van der Waals surface area contributed by atoms with E-state index in [1.54, 1.807) is 12.3 Å². The fourth-order valence-electron chi connectivity index (χ4n) is 4.58. The van der Waals surface area contributed by atoms with E-state index < -0.39 is 6.04 Å². The summed E-state index contributed by atoms with van der Waals surface area (Å²) in [7, 11) is 0. The van der Waals surface area contributed by atoms with Crippen molar-refractivity contribution in [2.75, 3.05) is 23.4 Å². The van der Waals surface area contributed by atoms with Gasteiger partial charge in [-0.25, -0.2) is 4.98 Å². The van der Waals surface area contributed by atoms with E-state index in [0.717, 1.165) is 71.8 Å². The highest BCUT2D eigenvalue weighted by Crippen LogP contribution is 2.29. The van der Waals surface area contributed by atoms with Crippen LogP contribution in [-0.4, -0.2) is 45.8 Å². The van der Waals surface area contributed by atoms with Crippen LogP contribution in [0, 0.1) is 11.1 Å². The number of anilines is 2. The maximum absolute atomic E-state index is 12.2. The number of ether oxygens (including phenoxy) is 1. The first kappa shape index (κ1) is 25.7. The number of hydrogen-bond acceptors (Lipinski definition) is 8. The first-order valence-corrected chi connectivity index (χ1v) is 12.9. The summed E-state index contributed by atoms with van der Waals surface area (Å²) in [6.07, 6.45) is 9.65. The van der Waals surface area contributed by atoms with Crippen LogP contribution in [0.3, 0.4) is 0 Å². The minimum atomic E-state index is -0.597. The third-order valence-corrected chi connectivity index (χ3v) is 6.83. The van der Waals surface area contributed by atoms with Crippen molar-refractivity contribution in [3.63, 3.8) is 0 Å². The van der Waals surface area contributed by atoms with Crippen LogP contribution in [0.5, 0.6) is 0 Å². The van der Waals surface area contributed by atoms with E-state index in [-0.39, 0.29) is 17.9 Å². The zero-order valence-corrected chi connectivity index (χ0v) is 21.4.